The topological polar surface area (TPSA) is 101 Å². The summed E-state index contributed by atoms with van der Waals surface area (Å²) in [5.74, 6) is 0.870. The van der Waals surface area contributed by atoms with Crippen LogP contribution in [-0.2, 0) is 9.84 Å². The number of benzene rings is 2. The minimum absolute atomic E-state index is 0.206. The van der Waals surface area contributed by atoms with Crippen molar-refractivity contribution in [3.63, 3.8) is 0 Å². The molecule has 4 rings (SSSR count). The van der Waals surface area contributed by atoms with Gasteiger partial charge in [-0.25, -0.2) is 13.5 Å². The molecule has 2 aromatic carbocycles. The van der Waals surface area contributed by atoms with Gasteiger partial charge in [0.25, 0.3) is 0 Å². The Balaban J connectivity index is 1.84. The lowest BCUT2D eigenvalue weighted by atomic mass is 9.94. The summed E-state index contributed by atoms with van der Waals surface area (Å²) in [6.45, 7) is 2.04. The second-order valence-corrected chi connectivity index (χ2v) is 8.50. The molecule has 1 aliphatic rings. The zero-order valence-corrected chi connectivity index (χ0v) is 15.1. The van der Waals surface area contributed by atoms with E-state index in [-0.39, 0.29) is 4.90 Å². The minimum atomic E-state index is -3.44. The van der Waals surface area contributed by atoms with Gasteiger partial charge >= 0.3 is 0 Å². The molecule has 1 aliphatic heterocycles. The highest BCUT2D eigenvalue weighted by atomic mass is 32.2. The van der Waals surface area contributed by atoms with Crippen molar-refractivity contribution in [3.05, 3.63) is 48.0 Å². The van der Waals surface area contributed by atoms with E-state index in [2.05, 4.69) is 38.1 Å². The molecule has 26 heavy (non-hydrogen) atoms. The zero-order chi connectivity index (χ0) is 18.1. The molecule has 8 heteroatoms. The van der Waals surface area contributed by atoms with Crippen LogP contribution in [-0.4, -0.2) is 48.4 Å². The van der Waals surface area contributed by atoms with E-state index in [9.17, 15) is 8.42 Å². The highest BCUT2D eigenvalue weighted by molar-refractivity contribution is 7.90. The smallest absolute Gasteiger partial charge is 0.181 e. The largest absolute Gasteiger partial charge is 0.316 e. The van der Waals surface area contributed by atoms with E-state index in [1.54, 1.807) is 12.1 Å². The fourth-order valence-corrected chi connectivity index (χ4v) is 4.37. The number of nitrogens with one attached hydrogen (secondary N) is 2. The molecule has 0 saturated carbocycles. The Morgan fingerprint density at radius 1 is 1.12 bits per heavy atom. The van der Waals surface area contributed by atoms with E-state index in [1.807, 2.05) is 18.2 Å². The summed E-state index contributed by atoms with van der Waals surface area (Å²) >= 11 is 0. The van der Waals surface area contributed by atoms with Crippen molar-refractivity contribution in [1.82, 2.24) is 25.9 Å². The SMILES string of the molecule is CS(=O)(=O)c1cccc(-c2ccc(C3CCNC3)cc2)c1-c1nnn[nH]1. The number of aromatic amines is 1. The van der Waals surface area contributed by atoms with Crippen LogP contribution < -0.4 is 5.32 Å². The first-order chi connectivity index (χ1) is 12.5. The van der Waals surface area contributed by atoms with Gasteiger partial charge in [-0.3, -0.25) is 0 Å². The summed E-state index contributed by atoms with van der Waals surface area (Å²) in [5, 5.41) is 17.2. The van der Waals surface area contributed by atoms with Gasteiger partial charge in [0.05, 0.1) is 4.90 Å². The van der Waals surface area contributed by atoms with Gasteiger partial charge in [-0.15, -0.1) is 5.10 Å². The second kappa shape index (κ2) is 6.62. The average Bonchev–Trinajstić information content (AvgIpc) is 3.34. The first-order valence-corrected chi connectivity index (χ1v) is 10.3. The summed E-state index contributed by atoms with van der Waals surface area (Å²) in [5.41, 5.74) is 3.50. The van der Waals surface area contributed by atoms with Crippen LogP contribution in [0.4, 0.5) is 0 Å². The van der Waals surface area contributed by atoms with Gasteiger partial charge in [-0.05, 0) is 52.1 Å². The summed E-state index contributed by atoms with van der Waals surface area (Å²) in [6, 6.07) is 13.5. The fourth-order valence-electron chi connectivity index (χ4n) is 3.46. The molecular weight excluding hydrogens is 350 g/mol. The maximum atomic E-state index is 12.3. The number of sulfone groups is 1. The van der Waals surface area contributed by atoms with E-state index in [0.717, 1.165) is 30.6 Å². The molecule has 1 fully saturated rings. The summed E-state index contributed by atoms with van der Waals surface area (Å²) in [6.07, 6.45) is 2.33. The van der Waals surface area contributed by atoms with E-state index in [0.29, 0.717) is 17.3 Å². The summed E-state index contributed by atoms with van der Waals surface area (Å²) in [4.78, 5) is 0.206. The maximum absolute atomic E-state index is 12.3. The Bertz CT molecular complexity index is 1010. The van der Waals surface area contributed by atoms with Crippen LogP contribution in [0.3, 0.4) is 0 Å². The van der Waals surface area contributed by atoms with Crippen LogP contribution in [0.1, 0.15) is 17.9 Å². The van der Waals surface area contributed by atoms with Gasteiger partial charge in [0.2, 0.25) is 0 Å². The van der Waals surface area contributed by atoms with Crippen LogP contribution in [0, 0.1) is 0 Å². The number of rotatable bonds is 4. The van der Waals surface area contributed by atoms with Gasteiger partial charge in [0.1, 0.15) is 0 Å². The highest BCUT2D eigenvalue weighted by Gasteiger charge is 2.22. The number of hydrogen-bond acceptors (Lipinski definition) is 6. The predicted octanol–water partition coefficient (Wildman–Crippen LogP) is 2.01. The molecule has 0 radical (unpaired) electrons. The van der Waals surface area contributed by atoms with Crippen molar-refractivity contribution < 1.29 is 8.42 Å². The Kier molecular flexibility index (Phi) is 4.29. The monoisotopic (exact) mass is 369 g/mol. The predicted molar refractivity (Wildman–Crippen MR) is 98.4 cm³/mol. The van der Waals surface area contributed by atoms with Crippen molar-refractivity contribution in [2.75, 3.05) is 19.3 Å². The molecule has 7 nitrogen and oxygen atoms in total. The third kappa shape index (κ3) is 3.13. The van der Waals surface area contributed by atoms with Gasteiger partial charge < -0.3 is 5.32 Å². The van der Waals surface area contributed by atoms with E-state index < -0.39 is 9.84 Å². The minimum Gasteiger partial charge on any atom is -0.316 e. The van der Waals surface area contributed by atoms with Crippen molar-refractivity contribution in [2.24, 2.45) is 0 Å². The number of nitrogens with zero attached hydrogens (tertiary/aromatic N) is 3. The molecule has 3 aromatic rings. The van der Waals surface area contributed by atoms with Crippen LogP contribution in [0.2, 0.25) is 0 Å². The average molecular weight is 369 g/mol. The lowest BCUT2D eigenvalue weighted by Crippen LogP contribution is -2.07. The third-order valence-electron chi connectivity index (χ3n) is 4.76. The lowest BCUT2D eigenvalue weighted by Gasteiger charge is -2.13. The van der Waals surface area contributed by atoms with Crippen molar-refractivity contribution in [2.45, 2.75) is 17.2 Å². The standard InChI is InChI=1S/C18H19N5O2S/c1-26(24,25)16-4-2-3-15(17(16)18-20-22-23-21-18)13-7-5-12(6-8-13)14-9-10-19-11-14/h2-8,14,19H,9-11H2,1H3,(H,20,21,22,23). The normalized spacial score (nSPS) is 17.5. The van der Waals surface area contributed by atoms with Crippen molar-refractivity contribution >= 4 is 9.84 Å². The molecule has 0 spiro atoms. The molecule has 1 saturated heterocycles. The van der Waals surface area contributed by atoms with Crippen LogP contribution >= 0.6 is 0 Å². The quantitative estimate of drug-likeness (QED) is 0.730. The first kappa shape index (κ1) is 16.9. The van der Waals surface area contributed by atoms with Crippen LogP contribution in [0.25, 0.3) is 22.5 Å². The second-order valence-electron chi connectivity index (χ2n) is 6.51. The van der Waals surface area contributed by atoms with Gasteiger partial charge in [-0.2, -0.15) is 0 Å². The van der Waals surface area contributed by atoms with Crippen LogP contribution in [0.15, 0.2) is 47.4 Å². The van der Waals surface area contributed by atoms with E-state index in [1.165, 1.54) is 11.8 Å². The molecule has 0 aliphatic carbocycles. The Labute approximate surface area is 151 Å². The summed E-state index contributed by atoms with van der Waals surface area (Å²) < 4.78 is 24.5. The third-order valence-corrected chi connectivity index (χ3v) is 5.90. The van der Waals surface area contributed by atoms with Crippen molar-refractivity contribution in [3.8, 4) is 22.5 Å². The molecule has 1 atom stereocenters. The first-order valence-electron chi connectivity index (χ1n) is 8.42. The molecule has 1 aromatic heterocycles. The zero-order valence-electron chi connectivity index (χ0n) is 14.3. The fraction of sp³-hybridized carbons (Fsp3) is 0.278. The lowest BCUT2D eigenvalue weighted by molar-refractivity contribution is 0.602. The van der Waals surface area contributed by atoms with Gasteiger partial charge in [-0.1, -0.05) is 36.4 Å². The molecular formula is C18H19N5O2S. The van der Waals surface area contributed by atoms with Crippen LogP contribution in [0.5, 0.6) is 0 Å². The Morgan fingerprint density at radius 2 is 1.92 bits per heavy atom. The van der Waals surface area contributed by atoms with Crippen molar-refractivity contribution in [1.29, 1.82) is 0 Å². The molecule has 0 bridgehead atoms. The molecule has 0 amide bonds. The van der Waals surface area contributed by atoms with Gasteiger partial charge in [0, 0.05) is 18.4 Å². The molecule has 2 N–H and O–H groups in total. The summed E-state index contributed by atoms with van der Waals surface area (Å²) in [7, 11) is -3.44. The number of tetrazole rings is 1. The Morgan fingerprint density at radius 3 is 2.54 bits per heavy atom. The number of aromatic nitrogens is 4. The van der Waals surface area contributed by atoms with E-state index >= 15 is 0 Å². The van der Waals surface area contributed by atoms with E-state index in [4.69, 9.17) is 0 Å². The maximum Gasteiger partial charge on any atom is 0.181 e. The molecule has 2 heterocycles. The molecule has 1 unspecified atom stereocenters. The van der Waals surface area contributed by atoms with Gasteiger partial charge in [0.15, 0.2) is 15.7 Å². The molecule has 134 valence electrons. The Hall–Kier alpha value is -2.58. The number of H-pyrrole nitrogens is 1. The highest BCUT2D eigenvalue weighted by Crippen LogP contribution is 2.36. The number of hydrogen-bond donors (Lipinski definition) is 2.